The normalized spacial score (nSPS) is 11.3. The van der Waals surface area contributed by atoms with Crippen molar-refractivity contribution < 1.29 is 9.18 Å². The molecule has 3 rings (SSSR count). The predicted molar refractivity (Wildman–Crippen MR) is 120 cm³/mol. The molecule has 1 amide bonds. The van der Waals surface area contributed by atoms with Gasteiger partial charge in [0.05, 0.1) is 6.54 Å². The van der Waals surface area contributed by atoms with Crippen LogP contribution in [0.15, 0.2) is 53.9 Å². The van der Waals surface area contributed by atoms with E-state index in [1.807, 2.05) is 24.3 Å². The lowest BCUT2D eigenvalue weighted by atomic mass is 10.1. The maximum absolute atomic E-state index is 13.3. The topological polar surface area (TPSA) is 45.2 Å². The fourth-order valence-electron chi connectivity index (χ4n) is 2.93. The summed E-state index contributed by atoms with van der Waals surface area (Å²) in [6.07, 6.45) is 0. The van der Waals surface area contributed by atoms with Gasteiger partial charge in [-0.05, 0) is 41.3 Å². The minimum absolute atomic E-state index is 0.144. The van der Waals surface area contributed by atoms with E-state index in [9.17, 15) is 9.18 Å². The Morgan fingerprint density at radius 2 is 1.67 bits per heavy atom. The molecule has 3 aromatic rings. The largest absolute Gasteiger partial charge is 0.350 e. The first-order valence-electron chi connectivity index (χ1n) is 9.83. The molecule has 0 aliphatic heterocycles. The molecule has 30 heavy (non-hydrogen) atoms. The van der Waals surface area contributed by atoms with Crippen molar-refractivity contribution in [2.24, 2.45) is 5.92 Å². The van der Waals surface area contributed by atoms with Crippen LogP contribution in [0.2, 0.25) is 5.02 Å². The Balaban J connectivity index is 1.72. The Hall–Kier alpha value is -2.28. The van der Waals surface area contributed by atoms with Gasteiger partial charge >= 0.3 is 0 Å². The monoisotopic (exact) mass is 445 g/mol. The van der Waals surface area contributed by atoms with Gasteiger partial charge < -0.3 is 5.32 Å². The smallest absolute Gasteiger partial charge is 0.270 e. The predicted octanol–water partition coefficient (Wildman–Crippen LogP) is 5.52. The zero-order chi connectivity index (χ0) is 21.5. The van der Waals surface area contributed by atoms with Crippen LogP contribution in [0.3, 0.4) is 0 Å². The molecule has 0 saturated heterocycles. The summed E-state index contributed by atoms with van der Waals surface area (Å²) in [5.41, 5.74) is 2.58. The summed E-state index contributed by atoms with van der Waals surface area (Å²) in [4.78, 5) is 19.0. The molecule has 0 radical (unpaired) electrons. The quantitative estimate of drug-likeness (QED) is 0.471. The zero-order valence-electron chi connectivity index (χ0n) is 17.1. The van der Waals surface area contributed by atoms with Gasteiger partial charge in [0, 0.05) is 30.0 Å². The maximum Gasteiger partial charge on any atom is 0.270 e. The van der Waals surface area contributed by atoms with Gasteiger partial charge in [-0.3, -0.25) is 9.69 Å². The van der Waals surface area contributed by atoms with Crippen molar-refractivity contribution in [2.75, 3.05) is 6.54 Å². The average molecular weight is 446 g/mol. The molecular weight excluding hydrogens is 421 g/mol. The van der Waals surface area contributed by atoms with Gasteiger partial charge in [-0.2, -0.15) is 0 Å². The van der Waals surface area contributed by atoms with Crippen LogP contribution in [0.4, 0.5) is 4.39 Å². The van der Waals surface area contributed by atoms with E-state index in [0.29, 0.717) is 42.8 Å². The van der Waals surface area contributed by atoms with Crippen molar-refractivity contribution in [2.45, 2.75) is 33.5 Å². The Morgan fingerprint density at radius 1 is 1.07 bits per heavy atom. The summed E-state index contributed by atoms with van der Waals surface area (Å²) in [7, 11) is 0. The van der Waals surface area contributed by atoms with Crippen molar-refractivity contribution in [3.8, 4) is 0 Å². The summed E-state index contributed by atoms with van der Waals surface area (Å²) in [5.74, 6) is -0.00778. The van der Waals surface area contributed by atoms with Crippen LogP contribution in [0.1, 0.15) is 40.5 Å². The summed E-state index contributed by atoms with van der Waals surface area (Å²) in [6.45, 7) is 6.63. The number of rotatable bonds is 9. The first kappa shape index (κ1) is 22.4. The van der Waals surface area contributed by atoms with Crippen LogP contribution < -0.4 is 5.32 Å². The van der Waals surface area contributed by atoms with Crippen molar-refractivity contribution >= 4 is 28.8 Å². The Labute approximate surface area is 185 Å². The number of aromatic nitrogens is 1. The third kappa shape index (κ3) is 6.90. The Bertz CT molecular complexity index is 910. The first-order valence-corrected chi connectivity index (χ1v) is 11.1. The lowest BCUT2D eigenvalue weighted by Gasteiger charge is -2.21. The second-order valence-electron chi connectivity index (χ2n) is 7.63. The molecule has 0 aliphatic rings. The third-order valence-corrected chi connectivity index (χ3v) is 5.54. The number of hydrogen-bond donors (Lipinski definition) is 1. The van der Waals surface area contributed by atoms with E-state index < -0.39 is 0 Å². The molecule has 0 saturated carbocycles. The SMILES string of the molecule is CC(C)CNC(=O)c1csc(CN(Cc2ccc(F)cc2)Cc2ccc(Cl)cc2)n1. The van der Waals surface area contributed by atoms with Crippen molar-refractivity contribution in [3.05, 3.63) is 86.6 Å². The second kappa shape index (κ2) is 10.7. The Kier molecular flexibility index (Phi) is 7.96. The van der Waals surface area contributed by atoms with Gasteiger partial charge in [-0.25, -0.2) is 9.37 Å². The molecule has 158 valence electrons. The molecule has 0 unspecified atom stereocenters. The average Bonchev–Trinajstić information content (AvgIpc) is 3.18. The van der Waals surface area contributed by atoms with Gasteiger partial charge in [0.1, 0.15) is 16.5 Å². The fourth-order valence-corrected chi connectivity index (χ4v) is 3.87. The molecule has 1 N–H and O–H groups in total. The van der Waals surface area contributed by atoms with E-state index in [2.05, 4.69) is 29.0 Å². The molecule has 0 fully saturated rings. The van der Waals surface area contributed by atoms with Gasteiger partial charge in [-0.15, -0.1) is 11.3 Å². The summed E-state index contributed by atoms with van der Waals surface area (Å²) in [5, 5.41) is 6.25. The molecule has 4 nitrogen and oxygen atoms in total. The molecule has 7 heteroatoms. The van der Waals surface area contributed by atoms with Crippen LogP contribution >= 0.6 is 22.9 Å². The minimum Gasteiger partial charge on any atom is -0.350 e. The number of halogens is 2. The van der Waals surface area contributed by atoms with Crippen LogP contribution in [0.25, 0.3) is 0 Å². The number of carbonyl (C=O) groups excluding carboxylic acids is 1. The highest BCUT2D eigenvalue weighted by Crippen LogP contribution is 2.19. The van der Waals surface area contributed by atoms with E-state index >= 15 is 0 Å². The van der Waals surface area contributed by atoms with E-state index in [1.54, 1.807) is 17.5 Å². The number of amides is 1. The molecule has 2 aromatic carbocycles. The van der Waals surface area contributed by atoms with Crippen molar-refractivity contribution in [3.63, 3.8) is 0 Å². The van der Waals surface area contributed by atoms with E-state index in [1.165, 1.54) is 23.5 Å². The molecule has 1 heterocycles. The summed E-state index contributed by atoms with van der Waals surface area (Å²) in [6, 6.07) is 14.2. The van der Waals surface area contributed by atoms with Crippen LogP contribution in [0, 0.1) is 11.7 Å². The van der Waals surface area contributed by atoms with Crippen molar-refractivity contribution in [1.82, 2.24) is 15.2 Å². The highest BCUT2D eigenvalue weighted by Gasteiger charge is 2.15. The number of hydrogen-bond acceptors (Lipinski definition) is 4. The van der Waals surface area contributed by atoms with E-state index in [-0.39, 0.29) is 11.7 Å². The van der Waals surface area contributed by atoms with Crippen LogP contribution in [-0.2, 0) is 19.6 Å². The molecule has 0 bridgehead atoms. The lowest BCUT2D eigenvalue weighted by Crippen LogP contribution is -2.27. The highest BCUT2D eigenvalue weighted by molar-refractivity contribution is 7.09. The number of benzene rings is 2. The third-order valence-electron chi connectivity index (χ3n) is 4.45. The van der Waals surface area contributed by atoms with Gasteiger partial charge in [0.25, 0.3) is 5.91 Å². The first-order chi connectivity index (χ1) is 14.4. The number of carbonyl (C=O) groups is 1. The molecule has 1 aromatic heterocycles. The van der Waals surface area contributed by atoms with Gasteiger partial charge in [0.15, 0.2) is 0 Å². The fraction of sp³-hybridized carbons (Fsp3) is 0.304. The number of nitrogens with zero attached hydrogens (tertiary/aromatic N) is 2. The standard InChI is InChI=1S/C23H25ClFN3OS/c1-16(2)11-26-23(29)21-15-30-22(27-21)14-28(12-17-3-7-19(24)8-4-17)13-18-5-9-20(25)10-6-18/h3-10,15-16H,11-14H2,1-2H3,(H,26,29). The second-order valence-corrected chi connectivity index (χ2v) is 9.01. The zero-order valence-corrected chi connectivity index (χ0v) is 18.6. The minimum atomic E-state index is -0.250. The van der Waals surface area contributed by atoms with Gasteiger partial charge in [0.2, 0.25) is 0 Å². The summed E-state index contributed by atoms with van der Waals surface area (Å²) >= 11 is 7.48. The van der Waals surface area contributed by atoms with Gasteiger partial charge in [-0.1, -0.05) is 49.7 Å². The molecule has 0 aliphatic carbocycles. The molecule has 0 atom stereocenters. The maximum atomic E-state index is 13.3. The van der Waals surface area contributed by atoms with Crippen LogP contribution in [-0.4, -0.2) is 22.3 Å². The Morgan fingerprint density at radius 3 is 2.27 bits per heavy atom. The van der Waals surface area contributed by atoms with Crippen molar-refractivity contribution in [1.29, 1.82) is 0 Å². The van der Waals surface area contributed by atoms with Crippen LogP contribution in [0.5, 0.6) is 0 Å². The van der Waals surface area contributed by atoms with E-state index in [4.69, 9.17) is 11.6 Å². The molecular formula is C23H25ClFN3OS. The molecule has 0 spiro atoms. The lowest BCUT2D eigenvalue weighted by molar-refractivity contribution is 0.0944. The number of thiazole rings is 1. The van der Waals surface area contributed by atoms with E-state index in [0.717, 1.165) is 16.1 Å². The number of nitrogens with one attached hydrogen (secondary N) is 1. The summed E-state index contributed by atoms with van der Waals surface area (Å²) < 4.78 is 13.3. The highest BCUT2D eigenvalue weighted by atomic mass is 35.5.